The van der Waals surface area contributed by atoms with Crippen molar-refractivity contribution in [2.24, 2.45) is 11.0 Å². The number of fused-ring (bicyclic) bond motifs is 1. The monoisotopic (exact) mass is 236 g/mol. The fraction of sp³-hybridized carbons (Fsp3) is 0.273. The molecule has 1 fully saturated rings. The Morgan fingerprint density at radius 2 is 2.38 bits per heavy atom. The van der Waals surface area contributed by atoms with Crippen molar-refractivity contribution in [1.29, 1.82) is 0 Å². The molecule has 2 aliphatic heterocycles. The second-order valence-corrected chi connectivity index (χ2v) is 4.82. The standard InChI is InChI=1S/C11H9FN2OS/c12-7-2-1-3-8(4-7)14-11(15)9-5-16-6-10(9)13-14/h1-4,9H,5-6H2. The number of carbonyl (C=O) groups is 1. The van der Waals surface area contributed by atoms with Crippen LogP contribution in [0.4, 0.5) is 10.1 Å². The van der Waals surface area contributed by atoms with E-state index in [-0.39, 0.29) is 17.6 Å². The van der Waals surface area contributed by atoms with Crippen LogP contribution in [-0.4, -0.2) is 23.1 Å². The van der Waals surface area contributed by atoms with E-state index in [0.717, 1.165) is 17.2 Å². The first-order valence-corrected chi connectivity index (χ1v) is 6.16. The van der Waals surface area contributed by atoms with Gasteiger partial charge in [0.25, 0.3) is 5.91 Å². The quantitative estimate of drug-likeness (QED) is 0.746. The van der Waals surface area contributed by atoms with E-state index >= 15 is 0 Å². The number of hydrogen-bond acceptors (Lipinski definition) is 3. The first kappa shape index (κ1) is 9.84. The number of benzene rings is 1. The molecule has 0 N–H and O–H groups in total. The molecular weight excluding hydrogens is 227 g/mol. The SMILES string of the molecule is O=C1C2CSCC2=NN1c1cccc(F)c1. The average Bonchev–Trinajstić information content (AvgIpc) is 2.82. The van der Waals surface area contributed by atoms with Gasteiger partial charge in [0, 0.05) is 11.5 Å². The summed E-state index contributed by atoms with van der Waals surface area (Å²) >= 11 is 1.72. The third-order valence-corrected chi connectivity index (χ3v) is 3.79. The second kappa shape index (κ2) is 3.59. The lowest BCUT2D eigenvalue weighted by molar-refractivity contribution is -0.119. The van der Waals surface area contributed by atoms with E-state index in [4.69, 9.17) is 0 Å². The van der Waals surface area contributed by atoms with Gasteiger partial charge in [0.15, 0.2) is 0 Å². The summed E-state index contributed by atoms with van der Waals surface area (Å²) in [6, 6.07) is 5.96. The number of hydrogen-bond donors (Lipinski definition) is 0. The largest absolute Gasteiger partial charge is 0.272 e. The lowest BCUT2D eigenvalue weighted by Gasteiger charge is -2.13. The highest BCUT2D eigenvalue weighted by atomic mass is 32.2. The van der Waals surface area contributed by atoms with Crippen LogP contribution in [0, 0.1) is 11.7 Å². The molecule has 1 amide bonds. The van der Waals surface area contributed by atoms with Gasteiger partial charge in [0.1, 0.15) is 5.82 Å². The molecule has 16 heavy (non-hydrogen) atoms. The van der Waals surface area contributed by atoms with E-state index in [1.165, 1.54) is 17.1 Å². The van der Waals surface area contributed by atoms with Crippen molar-refractivity contribution in [3.8, 4) is 0 Å². The van der Waals surface area contributed by atoms with Crippen molar-refractivity contribution < 1.29 is 9.18 Å². The molecule has 2 heterocycles. The molecule has 1 aromatic rings. The maximum Gasteiger partial charge on any atom is 0.257 e. The first-order valence-electron chi connectivity index (χ1n) is 5.00. The maximum absolute atomic E-state index is 13.0. The molecular formula is C11H9FN2OS. The first-order chi connectivity index (χ1) is 7.75. The molecule has 82 valence electrons. The highest BCUT2D eigenvalue weighted by Crippen LogP contribution is 2.31. The minimum absolute atomic E-state index is 0.0365. The Bertz CT molecular complexity index is 489. The molecule has 0 aromatic heterocycles. The number of hydrazone groups is 1. The molecule has 0 aliphatic carbocycles. The van der Waals surface area contributed by atoms with Crippen LogP contribution >= 0.6 is 11.8 Å². The summed E-state index contributed by atoms with van der Waals surface area (Å²) in [6.07, 6.45) is 0. The number of halogens is 1. The van der Waals surface area contributed by atoms with Crippen molar-refractivity contribution in [3.05, 3.63) is 30.1 Å². The maximum atomic E-state index is 13.0. The Kier molecular flexibility index (Phi) is 2.21. The van der Waals surface area contributed by atoms with Crippen LogP contribution in [0.5, 0.6) is 0 Å². The van der Waals surface area contributed by atoms with E-state index in [2.05, 4.69) is 5.10 Å². The van der Waals surface area contributed by atoms with E-state index in [1.807, 2.05) is 0 Å². The van der Waals surface area contributed by atoms with E-state index < -0.39 is 0 Å². The fourth-order valence-corrected chi connectivity index (χ4v) is 3.07. The van der Waals surface area contributed by atoms with Crippen molar-refractivity contribution in [1.82, 2.24) is 0 Å². The smallest absolute Gasteiger partial charge is 0.257 e. The lowest BCUT2D eigenvalue weighted by Crippen LogP contribution is -2.27. The summed E-state index contributed by atoms with van der Waals surface area (Å²) in [4.78, 5) is 12.0. The van der Waals surface area contributed by atoms with E-state index in [9.17, 15) is 9.18 Å². The van der Waals surface area contributed by atoms with Crippen molar-refractivity contribution in [3.63, 3.8) is 0 Å². The predicted molar refractivity (Wildman–Crippen MR) is 62.1 cm³/mol. The van der Waals surface area contributed by atoms with Gasteiger partial charge in [-0.05, 0) is 18.2 Å². The third kappa shape index (κ3) is 1.43. The summed E-state index contributed by atoms with van der Waals surface area (Å²) < 4.78 is 13.0. The Morgan fingerprint density at radius 3 is 3.12 bits per heavy atom. The molecule has 3 nitrogen and oxygen atoms in total. The van der Waals surface area contributed by atoms with Gasteiger partial charge in [-0.1, -0.05) is 6.07 Å². The van der Waals surface area contributed by atoms with Crippen molar-refractivity contribution >= 4 is 29.1 Å². The van der Waals surface area contributed by atoms with E-state index in [1.54, 1.807) is 23.9 Å². The topological polar surface area (TPSA) is 32.7 Å². The molecule has 1 saturated heterocycles. The molecule has 0 radical (unpaired) electrons. The molecule has 1 aromatic carbocycles. The van der Waals surface area contributed by atoms with Gasteiger partial charge in [0.05, 0.1) is 17.3 Å². The minimum Gasteiger partial charge on any atom is -0.272 e. The van der Waals surface area contributed by atoms with Gasteiger partial charge in [-0.2, -0.15) is 16.9 Å². The Labute approximate surface area is 96.3 Å². The molecule has 3 rings (SSSR count). The Balaban J connectivity index is 1.97. The molecule has 5 heteroatoms. The van der Waals surface area contributed by atoms with Gasteiger partial charge >= 0.3 is 0 Å². The summed E-state index contributed by atoms with van der Waals surface area (Å²) in [6.45, 7) is 0. The predicted octanol–water partition coefficient (Wildman–Crippen LogP) is 1.89. The fourth-order valence-electron chi connectivity index (χ4n) is 1.91. The van der Waals surface area contributed by atoms with Crippen LogP contribution in [0.25, 0.3) is 0 Å². The molecule has 1 atom stereocenters. The highest BCUT2D eigenvalue weighted by Gasteiger charge is 2.39. The Hall–Kier alpha value is -1.36. The molecule has 1 unspecified atom stereocenters. The summed E-state index contributed by atoms with van der Waals surface area (Å²) in [5, 5.41) is 5.58. The molecule has 0 saturated carbocycles. The van der Waals surface area contributed by atoms with Crippen LogP contribution in [0.15, 0.2) is 29.4 Å². The van der Waals surface area contributed by atoms with Crippen LogP contribution in [0.1, 0.15) is 0 Å². The lowest BCUT2D eigenvalue weighted by atomic mass is 10.1. The van der Waals surface area contributed by atoms with Gasteiger partial charge < -0.3 is 0 Å². The van der Waals surface area contributed by atoms with Crippen molar-refractivity contribution in [2.75, 3.05) is 16.5 Å². The van der Waals surface area contributed by atoms with Gasteiger partial charge in [-0.25, -0.2) is 9.40 Å². The van der Waals surface area contributed by atoms with Crippen molar-refractivity contribution in [2.45, 2.75) is 0 Å². The zero-order chi connectivity index (χ0) is 11.1. The summed E-state index contributed by atoms with van der Waals surface area (Å²) in [5.41, 5.74) is 1.43. The number of rotatable bonds is 1. The van der Waals surface area contributed by atoms with Crippen LogP contribution in [0.2, 0.25) is 0 Å². The third-order valence-electron chi connectivity index (χ3n) is 2.72. The van der Waals surface area contributed by atoms with E-state index in [0.29, 0.717) is 5.69 Å². The van der Waals surface area contributed by atoms with Crippen LogP contribution in [0.3, 0.4) is 0 Å². The number of amides is 1. The van der Waals surface area contributed by atoms with Crippen LogP contribution in [-0.2, 0) is 4.79 Å². The Morgan fingerprint density at radius 1 is 1.50 bits per heavy atom. The minimum atomic E-state index is -0.350. The summed E-state index contributed by atoms with van der Waals surface area (Å²) in [5.74, 6) is 1.13. The second-order valence-electron chi connectivity index (χ2n) is 3.79. The number of nitrogens with zero attached hydrogens (tertiary/aromatic N) is 2. The molecule has 2 aliphatic rings. The van der Waals surface area contributed by atoms with Gasteiger partial charge in [-0.15, -0.1) is 0 Å². The van der Waals surface area contributed by atoms with Gasteiger partial charge in [0.2, 0.25) is 0 Å². The average molecular weight is 236 g/mol. The zero-order valence-electron chi connectivity index (χ0n) is 8.39. The van der Waals surface area contributed by atoms with Gasteiger partial charge in [-0.3, -0.25) is 4.79 Å². The zero-order valence-corrected chi connectivity index (χ0v) is 9.21. The number of anilines is 1. The molecule has 0 bridgehead atoms. The van der Waals surface area contributed by atoms with Crippen LogP contribution < -0.4 is 5.01 Å². The number of carbonyl (C=O) groups excluding carboxylic acids is 1. The summed E-state index contributed by atoms with van der Waals surface area (Å²) in [7, 11) is 0. The highest BCUT2D eigenvalue weighted by molar-refractivity contribution is 8.00. The molecule has 0 spiro atoms. The normalized spacial score (nSPS) is 23.6. The number of thioether (sulfide) groups is 1.